The number of nitrogens with zero attached hydrogens (tertiary/aromatic N) is 3. The molecule has 0 spiro atoms. The Morgan fingerprint density at radius 2 is 2.07 bits per heavy atom. The summed E-state index contributed by atoms with van der Waals surface area (Å²) in [6.07, 6.45) is 1.36. The van der Waals surface area contributed by atoms with E-state index in [9.17, 15) is 17.2 Å². The first kappa shape index (κ1) is 19.4. The minimum absolute atomic E-state index is 0.00704. The van der Waals surface area contributed by atoms with E-state index in [2.05, 4.69) is 9.97 Å². The lowest BCUT2D eigenvalue weighted by molar-refractivity contribution is 0.195. The van der Waals surface area contributed by atoms with Crippen molar-refractivity contribution in [1.29, 1.82) is 0 Å². The van der Waals surface area contributed by atoms with Gasteiger partial charge >= 0.3 is 0 Å². The maximum Gasteiger partial charge on any atom is 0.254 e. The van der Waals surface area contributed by atoms with E-state index in [1.54, 1.807) is 6.92 Å². The van der Waals surface area contributed by atoms with E-state index in [1.807, 2.05) is 0 Å². The van der Waals surface area contributed by atoms with Crippen LogP contribution in [0.25, 0.3) is 0 Å². The highest BCUT2D eigenvalue weighted by Gasteiger charge is 2.36. The average molecular weight is 399 g/mol. The van der Waals surface area contributed by atoms with Gasteiger partial charge in [0.1, 0.15) is 28.9 Å². The second-order valence-electron chi connectivity index (χ2n) is 5.98. The van der Waals surface area contributed by atoms with Crippen LogP contribution in [0.1, 0.15) is 19.0 Å². The Bertz CT molecular complexity index is 940. The highest BCUT2D eigenvalue weighted by atomic mass is 32.2. The van der Waals surface area contributed by atoms with Gasteiger partial charge in [0.2, 0.25) is 15.8 Å². The molecular formula is C17H19F2N3O4S. The van der Waals surface area contributed by atoms with Gasteiger partial charge in [0.05, 0.1) is 19.3 Å². The van der Waals surface area contributed by atoms with E-state index in [-0.39, 0.29) is 35.3 Å². The van der Waals surface area contributed by atoms with Crippen molar-refractivity contribution in [1.82, 2.24) is 14.3 Å². The fourth-order valence-corrected chi connectivity index (χ4v) is 4.53. The molecule has 3 rings (SSSR count). The summed E-state index contributed by atoms with van der Waals surface area (Å²) >= 11 is 0. The third-order valence-corrected chi connectivity index (χ3v) is 6.18. The van der Waals surface area contributed by atoms with Crippen molar-refractivity contribution in [3.8, 4) is 11.6 Å². The van der Waals surface area contributed by atoms with Crippen molar-refractivity contribution in [2.45, 2.75) is 30.8 Å². The molecule has 0 amide bonds. The van der Waals surface area contributed by atoms with E-state index in [0.717, 1.165) is 16.4 Å². The van der Waals surface area contributed by atoms with Crippen LogP contribution in [0.15, 0.2) is 29.4 Å². The lowest BCUT2D eigenvalue weighted by Crippen LogP contribution is -2.31. The molecular weight excluding hydrogens is 380 g/mol. The molecule has 1 aliphatic heterocycles. The number of hydrogen-bond donors (Lipinski definition) is 0. The lowest BCUT2D eigenvalue weighted by Gasteiger charge is -2.19. The minimum atomic E-state index is -3.99. The number of methoxy groups -OCH3 is 1. The van der Waals surface area contributed by atoms with Gasteiger partial charge in [0.15, 0.2) is 0 Å². The molecule has 0 unspecified atom stereocenters. The first-order valence-electron chi connectivity index (χ1n) is 8.36. The van der Waals surface area contributed by atoms with E-state index in [4.69, 9.17) is 9.47 Å². The summed E-state index contributed by atoms with van der Waals surface area (Å²) in [6.45, 7) is 1.90. The molecule has 1 atom stereocenters. The maximum absolute atomic E-state index is 14.2. The zero-order valence-corrected chi connectivity index (χ0v) is 15.7. The van der Waals surface area contributed by atoms with E-state index in [0.29, 0.717) is 12.8 Å². The summed E-state index contributed by atoms with van der Waals surface area (Å²) in [5.74, 6) is -1.48. The molecule has 0 bridgehead atoms. The van der Waals surface area contributed by atoms with Crippen LogP contribution in [0.2, 0.25) is 0 Å². The molecule has 146 valence electrons. The van der Waals surface area contributed by atoms with Crippen LogP contribution >= 0.6 is 0 Å². The van der Waals surface area contributed by atoms with Crippen molar-refractivity contribution >= 4 is 10.0 Å². The van der Waals surface area contributed by atoms with Gasteiger partial charge in [-0.05, 0) is 31.0 Å². The highest BCUT2D eigenvalue weighted by molar-refractivity contribution is 7.89. The highest BCUT2D eigenvalue weighted by Crippen LogP contribution is 2.30. The summed E-state index contributed by atoms with van der Waals surface area (Å²) in [6, 6.07) is 3.30. The quantitative estimate of drug-likeness (QED) is 0.741. The Balaban J connectivity index is 1.79. The summed E-state index contributed by atoms with van der Waals surface area (Å²) < 4.78 is 65.3. The second-order valence-corrected chi connectivity index (χ2v) is 7.89. The van der Waals surface area contributed by atoms with Crippen molar-refractivity contribution in [2.24, 2.45) is 0 Å². The molecule has 0 radical (unpaired) electrons. The van der Waals surface area contributed by atoms with Crippen LogP contribution in [0.3, 0.4) is 0 Å². The minimum Gasteiger partial charge on any atom is -0.495 e. The first-order valence-corrected chi connectivity index (χ1v) is 9.80. The fraction of sp³-hybridized carbons (Fsp3) is 0.412. The number of sulfonamides is 1. The molecule has 10 heteroatoms. The summed E-state index contributed by atoms with van der Waals surface area (Å²) in [4.78, 5) is 7.36. The van der Waals surface area contributed by atoms with Crippen LogP contribution in [0.4, 0.5) is 8.78 Å². The number of benzene rings is 1. The molecule has 2 heterocycles. The van der Waals surface area contributed by atoms with Crippen LogP contribution in [0, 0.1) is 11.6 Å². The SMILES string of the molecule is CCc1ncnc(O[C@H]2CCN(S(=O)(=O)c3cc(F)ccc3OC)C2)c1F. The van der Waals surface area contributed by atoms with Crippen LogP contribution in [0.5, 0.6) is 11.6 Å². The van der Waals surface area contributed by atoms with E-state index in [1.165, 1.54) is 19.5 Å². The first-order chi connectivity index (χ1) is 12.9. The van der Waals surface area contributed by atoms with Crippen molar-refractivity contribution in [3.63, 3.8) is 0 Å². The lowest BCUT2D eigenvalue weighted by atomic mass is 10.3. The molecule has 1 saturated heterocycles. The molecule has 2 aromatic rings. The topological polar surface area (TPSA) is 81.6 Å². The van der Waals surface area contributed by atoms with Gasteiger partial charge < -0.3 is 9.47 Å². The summed E-state index contributed by atoms with van der Waals surface area (Å²) in [5, 5.41) is 0. The number of halogens is 2. The molecule has 7 nitrogen and oxygen atoms in total. The Hall–Kier alpha value is -2.33. The van der Waals surface area contributed by atoms with Gasteiger partial charge in [-0.15, -0.1) is 0 Å². The van der Waals surface area contributed by atoms with Gasteiger partial charge in [0.25, 0.3) is 5.88 Å². The Morgan fingerprint density at radius 3 is 2.78 bits per heavy atom. The third kappa shape index (κ3) is 3.86. The molecule has 1 aromatic heterocycles. The predicted octanol–water partition coefficient (Wildman–Crippen LogP) is 2.17. The zero-order chi connectivity index (χ0) is 19.6. The summed E-state index contributed by atoms with van der Waals surface area (Å²) in [7, 11) is -2.68. The van der Waals surface area contributed by atoms with Gasteiger partial charge in [-0.1, -0.05) is 6.92 Å². The van der Waals surface area contributed by atoms with Gasteiger partial charge in [0, 0.05) is 6.54 Å². The molecule has 1 aliphatic rings. The van der Waals surface area contributed by atoms with Crippen LogP contribution in [-0.2, 0) is 16.4 Å². The fourth-order valence-electron chi connectivity index (χ4n) is 2.88. The smallest absolute Gasteiger partial charge is 0.254 e. The standard InChI is InChI=1S/C17H19F2N3O4S/c1-3-13-16(19)17(21-10-20-13)26-12-6-7-22(9-12)27(23,24)15-8-11(18)4-5-14(15)25-2/h4-5,8,10,12H,3,6-7,9H2,1-2H3/t12-/m0/s1. The molecule has 0 N–H and O–H groups in total. The van der Waals surface area contributed by atoms with Crippen LogP contribution < -0.4 is 9.47 Å². The van der Waals surface area contributed by atoms with Crippen molar-refractivity contribution in [2.75, 3.05) is 20.2 Å². The molecule has 0 saturated carbocycles. The normalized spacial score (nSPS) is 17.9. The van der Waals surface area contributed by atoms with Gasteiger partial charge in [-0.25, -0.2) is 17.8 Å². The zero-order valence-electron chi connectivity index (χ0n) is 14.9. The Kier molecular flexibility index (Phi) is 5.56. The Labute approximate surface area is 156 Å². The monoisotopic (exact) mass is 399 g/mol. The predicted molar refractivity (Wildman–Crippen MR) is 92.1 cm³/mol. The largest absolute Gasteiger partial charge is 0.495 e. The van der Waals surface area contributed by atoms with Crippen molar-refractivity contribution in [3.05, 3.63) is 41.9 Å². The van der Waals surface area contributed by atoms with Crippen LogP contribution in [-0.4, -0.2) is 49.0 Å². The average Bonchev–Trinajstić information content (AvgIpc) is 3.13. The number of hydrogen-bond acceptors (Lipinski definition) is 6. The van der Waals surface area contributed by atoms with E-state index >= 15 is 0 Å². The second kappa shape index (κ2) is 7.73. The number of aryl methyl sites for hydroxylation is 1. The number of ether oxygens (including phenoxy) is 2. The number of aromatic nitrogens is 2. The van der Waals surface area contributed by atoms with Gasteiger partial charge in [-0.3, -0.25) is 0 Å². The molecule has 0 aliphatic carbocycles. The third-order valence-electron chi connectivity index (χ3n) is 4.29. The van der Waals surface area contributed by atoms with Gasteiger partial charge in [-0.2, -0.15) is 13.7 Å². The Morgan fingerprint density at radius 1 is 1.30 bits per heavy atom. The summed E-state index contributed by atoms with van der Waals surface area (Å²) in [5.41, 5.74) is 0.229. The van der Waals surface area contributed by atoms with E-state index < -0.39 is 27.8 Å². The molecule has 1 aromatic carbocycles. The number of rotatable bonds is 6. The van der Waals surface area contributed by atoms with Crippen molar-refractivity contribution < 1.29 is 26.7 Å². The molecule has 27 heavy (non-hydrogen) atoms. The molecule has 1 fully saturated rings. The maximum atomic E-state index is 14.2.